The van der Waals surface area contributed by atoms with Crippen LogP contribution in [0.2, 0.25) is 0 Å². The van der Waals surface area contributed by atoms with Crippen molar-refractivity contribution in [3.63, 3.8) is 0 Å². The molecule has 2 rings (SSSR count). The van der Waals surface area contributed by atoms with Crippen LogP contribution in [0.5, 0.6) is 0 Å². The Morgan fingerprint density at radius 1 is 1.30 bits per heavy atom. The number of nitrogens with zero attached hydrogens (tertiary/aromatic N) is 2. The second-order valence-corrected chi connectivity index (χ2v) is 6.68. The SMILES string of the molecule is CC1CCCN(CCCCN=C(N)NCCc2ccccc2)C1. The van der Waals surface area contributed by atoms with Crippen LogP contribution in [0.15, 0.2) is 35.3 Å². The highest BCUT2D eigenvalue weighted by atomic mass is 15.1. The van der Waals surface area contributed by atoms with Crippen molar-refractivity contribution < 1.29 is 0 Å². The number of aliphatic imine (C=N–C) groups is 1. The maximum absolute atomic E-state index is 5.91. The van der Waals surface area contributed by atoms with Crippen molar-refractivity contribution in [1.29, 1.82) is 0 Å². The van der Waals surface area contributed by atoms with E-state index in [4.69, 9.17) is 5.73 Å². The van der Waals surface area contributed by atoms with Gasteiger partial charge in [-0.2, -0.15) is 0 Å². The van der Waals surface area contributed by atoms with Gasteiger partial charge in [-0.3, -0.25) is 4.99 Å². The van der Waals surface area contributed by atoms with Gasteiger partial charge in [0, 0.05) is 19.6 Å². The van der Waals surface area contributed by atoms with Crippen LogP contribution in [-0.4, -0.2) is 43.6 Å². The number of rotatable bonds is 8. The van der Waals surface area contributed by atoms with E-state index in [-0.39, 0.29) is 0 Å². The lowest BCUT2D eigenvalue weighted by atomic mass is 10.0. The Morgan fingerprint density at radius 2 is 2.13 bits per heavy atom. The van der Waals surface area contributed by atoms with E-state index in [2.05, 4.69) is 46.4 Å². The largest absolute Gasteiger partial charge is 0.370 e. The third-order valence-corrected chi connectivity index (χ3v) is 4.47. The number of unbranched alkanes of at least 4 members (excludes halogenated alkanes) is 1. The van der Waals surface area contributed by atoms with Gasteiger partial charge in [-0.25, -0.2) is 0 Å². The number of hydrogen-bond donors (Lipinski definition) is 2. The summed E-state index contributed by atoms with van der Waals surface area (Å²) in [5.74, 6) is 1.44. The molecule has 4 heteroatoms. The molecule has 0 amide bonds. The minimum Gasteiger partial charge on any atom is -0.370 e. The average Bonchev–Trinajstić information content (AvgIpc) is 2.55. The number of hydrogen-bond acceptors (Lipinski definition) is 2. The zero-order valence-electron chi connectivity index (χ0n) is 14.5. The molecule has 0 spiro atoms. The first-order chi connectivity index (χ1) is 11.2. The summed E-state index contributed by atoms with van der Waals surface area (Å²) >= 11 is 0. The smallest absolute Gasteiger partial charge is 0.188 e. The molecule has 1 heterocycles. The molecular weight excluding hydrogens is 284 g/mol. The zero-order valence-corrected chi connectivity index (χ0v) is 14.5. The molecule has 1 saturated heterocycles. The molecule has 128 valence electrons. The predicted molar refractivity (Wildman–Crippen MR) is 98.7 cm³/mol. The summed E-state index contributed by atoms with van der Waals surface area (Å²) in [6.07, 6.45) is 6.06. The van der Waals surface area contributed by atoms with E-state index < -0.39 is 0 Å². The van der Waals surface area contributed by atoms with Crippen LogP contribution in [0.1, 0.15) is 38.2 Å². The molecule has 23 heavy (non-hydrogen) atoms. The molecule has 0 aliphatic carbocycles. The van der Waals surface area contributed by atoms with E-state index in [1.165, 1.54) is 44.5 Å². The predicted octanol–water partition coefficient (Wildman–Crippen LogP) is 2.65. The lowest BCUT2D eigenvalue weighted by Gasteiger charge is -2.30. The summed E-state index contributed by atoms with van der Waals surface area (Å²) in [5.41, 5.74) is 7.23. The molecule has 1 atom stereocenters. The van der Waals surface area contributed by atoms with Gasteiger partial charge in [0.2, 0.25) is 0 Å². The Morgan fingerprint density at radius 3 is 2.91 bits per heavy atom. The fourth-order valence-electron chi connectivity index (χ4n) is 3.17. The molecule has 1 aliphatic heterocycles. The molecule has 1 aromatic carbocycles. The van der Waals surface area contributed by atoms with Crippen LogP contribution in [0.4, 0.5) is 0 Å². The number of piperidine rings is 1. The lowest BCUT2D eigenvalue weighted by molar-refractivity contribution is 0.181. The fourth-order valence-corrected chi connectivity index (χ4v) is 3.17. The Labute approximate surface area is 141 Å². The van der Waals surface area contributed by atoms with Crippen molar-refractivity contribution in [2.45, 2.75) is 39.0 Å². The van der Waals surface area contributed by atoms with Crippen molar-refractivity contribution in [2.24, 2.45) is 16.6 Å². The monoisotopic (exact) mass is 316 g/mol. The first-order valence-electron chi connectivity index (χ1n) is 9.04. The van der Waals surface area contributed by atoms with E-state index in [0.717, 1.165) is 31.8 Å². The minimum atomic E-state index is 0.576. The molecule has 4 nitrogen and oxygen atoms in total. The topological polar surface area (TPSA) is 53.6 Å². The van der Waals surface area contributed by atoms with Crippen LogP contribution < -0.4 is 11.1 Å². The summed E-state index contributed by atoms with van der Waals surface area (Å²) < 4.78 is 0. The van der Waals surface area contributed by atoms with Gasteiger partial charge < -0.3 is 16.0 Å². The van der Waals surface area contributed by atoms with Crippen molar-refractivity contribution in [1.82, 2.24) is 10.2 Å². The van der Waals surface area contributed by atoms with E-state index >= 15 is 0 Å². The van der Waals surface area contributed by atoms with Gasteiger partial charge in [0.15, 0.2) is 5.96 Å². The van der Waals surface area contributed by atoms with E-state index in [1.807, 2.05) is 6.07 Å². The summed E-state index contributed by atoms with van der Waals surface area (Å²) in [7, 11) is 0. The molecule has 0 bridgehead atoms. The van der Waals surface area contributed by atoms with Gasteiger partial charge in [-0.15, -0.1) is 0 Å². The number of guanidine groups is 1. The molecule has 1 fully saturated rings. The van der Waals surface area contributed by atoms with Crippen molar-refractivity contribution >= 4 is 5.96 Å². The van der Waals surface area contributed by atoms with E-state index in [9.17, 15) is 0 Å². The normalized spacial score (nSPS) is 19.7. The zero-order chi connectivity index (χ0) is 16.3. The second kappa shape index (κ2) is 10.3. The number of benzene rings is 1. The van der Waals surface area contributed by atoms with Gasteiger partial charge in [0.1, 0.15) is 0 Å². The number of likely N-dealkylation sites (tertiary alicyclic amines) is 1. The third kappa shape index (κ3) is 7.51. The molecule has 0 saturated carbocycles. The second-order valence-electron chi connectivity index (χ2n) is 6.68. The Bertz CT molecular complexity index is 458. The van der Waals surface area contributed by atoms with Gasteiger partial charge in [0.25, 0.3) is 0 Å². The van der Waals surface area contributed by atoms with Crippen LogP contribution in [0.25, 0.3) is 0 Å². The van der Waals surface area contributed by atoms with Crippen LogP contribution in [0, 0.1) is 5.92 Å². The first-order valence-corrected chi connectivity index (χ1v) is 9.04. The first kappa shape index (κ1) is 17.8. The van der Waals surface area contributed by atoms with Gasteiger partial charge >= 0.3 is 0 Å². The maximum atomic E-state index is 5.91. The van der Waals surface area contributed by atoms with E-state index in [0.29, 0.717) is 5.96 Å². The molecule has 1 unspecified atom stereocenters. The average molecular weight is 316 g/mol. The summed E-state index contributed by atoms with van der Waals surface area (Å²) in [6, 6.07) is 10.4. The van der Waals surface area contributed by atoms with Crippen molar-refractivity contribution in [3.05, 3.63) is 35.9 Å². The fraction of sp³-hybridized carbons (Fsp3) is 0.632. The number of nitrogens with one attached hydrogen (secondary N) is 1. The van der Waals surface area contributed by atoms with Crippen molar-refractivity contribution in [2.75, 3.05) is 32.7 Å². The van der Waals surface area contributed by atoms with E-state index in [1.54, 1.807) is 0 Å². The molecule has 1 aliphatic rings. The molecule has 0 aromatic heterocycles. The highest BCUT2D eigenvalue weighted by Gasteiger charge is 2.15. The Hall–Kier alpha value is -1.55. The lowest BCUT2D eigenvalue weighted by Crippen LogP contribution is -2.35. The Balaban J connectivity index is 1.51. The van der Waals surface area contributed by atoms with Gasteiger partial charge in [-0.1, -0.05) is 37.3 Å². The molecular formula is C19H32N4. The molecule has 0 radical (unpaired) electrons. The van der Waals surface area contributed by atoms with Crippen molar-refractivity contribution in [3.8, 4) is 0 Å². The summed E-state index contributed by atoms with van der Waals surface area (Å²) in [4.78, 5) is 7.01. The highest BCUT2D eigenvalue weighted by molar-refractivity contribution is 5.77. The highest BCUT2D eigenvalue weighted by Crippen LogP contribution is 2.15. The maximum Gasteiger partial charge on any atom is 0.188 e. The summed E-state index contributed by atoms with van der Waals surface area (Å²) in [6.45, 7) is 7.78. The Kier molecular flexibility index (Phi) is 7.95. The summed E-state index contributed by atoms with van der Waals surface area (Å²) in [5, 5.41) is 3.19. The molecule has 3 N–H and O–H groups in total. The third-order valence-electron chi connectivity index (χ3n) is 4.47. The van der Waals surface area contributed by atoms with Crippen LogP contribution >= 0.6 is 0 Å². The number of nitrogens with two attached hydrogens (primary N) is 1. The molecule has 1 aromatic rings. The standard InChI is InChI=1S/C19H32N4/c1-17-8-7-15-23(16-17)14-6-5-12-21-19(20)22-13-11-18-9-3-2-4-10-18/h2-4,9-10,17H,5-8,11-16H2,1H3,(H3,20,21,22). The van der Waals surface area contributed by atoms with Crippen LogP contribution in [0.3, 0.4) is 0 Å². The quantitative estimate of drug-likeness (QED) is 0.440. The minimum absolute atomic E-state index is 0.576. The van der Waals surface area contributed by atoms with Gasteiger partial charge in [0.05, 0.1) is 0 Å². The van der Waals surface area contributed by atoms with Crippen LogP contribution in [-0.2, 0) is 6.42 Å². The van der Waals surface area contributed by atoms with Gasteiger partial charge in [-0.05, 0) is 56.7 Å².